The summed E-state index contributed by atoms with van der Waals surface area (Å²) in [4.78, 5) is 0. The molecule has 1 fully saturated rings. The molecule has 0 aliphatic carbocycles. The van der Waals surface area contributed by atoms with Crippen molar-refractivity contribution in [2.24, 2.45) is 5.92 Å². The summed E-state index contributed by atoms with van der Waals surface area (Å²) in [5, 5.41) is 0.194. The maximum atomic E-state index is 6.56. The van der Waals surface area contributed by atoms with Gasteiger partial charge in [-0.1, -0.05) is 53.7 Å². The molecule has 0 bridgehead atoms. The van der Waals surface area contributed by atoms with Gasteiger partial charge in [0.25, 0.3) is 0 Å². The Kier molecular flexibility index (Phi) is 10.4. The van der Waals surface area contributed by atoms with Crippen LogP contribution in [0.5, 0.6) is 5.75 Å². The van der Waals surface area contributed by atoms with E-state index in [0.29, 0.717) is 12.5 Å². The summed E-state index contributed by atoms with van der Waals surface area (Å²) in [6.45, 7) is 33.0. The zero-order chi connectivity index (χ0) is 28.4. The summed E-state index contributed by atoms with van der Waals surface area (Å²) in [7, 11) is -2.94. The van der Waals surface area contributed by atoms with E-state index < -0.39 is 17.4 Å². The first-order valence-corrected chi connectivity index (χ1v) is 19.2. The van der Waals surface area contributed by atoms with Crippen molar-refractivity contribution in [1.29, 1.82) is 0 Å². The number of ether oxygens (including phenoxy) is 1. The molecule has 1 saturated heterocycles. The lowest BCUT2D eigenvalue weighted by Crippen LogP contribution is -2.42. The zero-order valence-electron chi connectivity index (χ0n) is 26.3. The molecule has 0 saturated carbocycles. The van der Waals surface area contributed by atoms with E-state index in [-0.39, 0.29) is 28.8 Å². The van der Waals surface area contributed by atoms with E-state index in [1.54, 1.807) is 0 Å². The molecule has 0 amide bonds. The predicted molar refractivity (Wildman–Crippen MR) is 161 cm³/mol. The summed E-state index contributed by atoms with van der Waals surface area (Å²) in [6, 6.07) is 6.36. The van der Waals surface area contributed by atoms with Crippen molar-refractivity contribution >= 4 is 29.9 Å². The Labute approximate surface area is 231 Å². The van der Waals surface area contributed by atoms with Gasteiger partial charge in [0.05, 0.1) is 17.8 Å². The Morgan fingerprint density at radius 3 is 2.00 bits per heavy atom. The summed E-state index contributed by atoms with van der Waals surface area (Å²) in [6.07, 6.45) is 0.895. The van der Waals surface area contributed by atoms with Crippen LogP contribution in [-0.4, -0.2) is 55.5 Å². The number of benzene rings is 1. The molecule has 0 N–H and O–H groups in total. The first kappa shape index (κ1) is 32.6. The second-order valence-corrected chi connectivity index (χ2v) is 21.3. The van der Waals surface area contributed by atoms with Crippen molar-refractivity contribution in [3.05, 3.63) is 23.8 Å². The Bertz CT molecular complexity index is 871. The normalized spacial score (nSPS) is 18.9. The summed E-state index contributed by atoms with van der Waals surface area (Å²) >= 11 is 0. The van der Waals surface area contributed by atoms with Crippen molar-refractivity contribution in [1.82, 2.24) is 0 Å². The number of rotatable bonds is 11. The molecule has 1 radical (unpaired) electrons. The molecule has 8 heteroatoms. The third-order valence-electron chi connectivity index (χ3n) is 8.21. The molecule has 1 unspecified atom stereocenters. The van der Waals surface area contributed by atoms with Crippen molar-refractivity contribution in [2.45, 2.75) is 124 Å². The lowest BCUT2D eigenvalue weighted by molar-refractivity contribution is 0.00578. The lowest BCUT2D eigenvalue weighted by atomic mass is 9.75. The van der Waals surface area contributed by atoms with Crippen LogP contribution in [0.3, 0.4) is 0 Å². The minimum Gasteiger partial charge on any atom is -0.493 e. The highest BCUT2D eigenvalue weighted by Crippen LogP contribution is 2.38. The van der Waals surface area contributed by atoms with Crippen LogP contribution < -0.4 is 10.2 Å². The third kappa shape index (κ3) is 8.67. The second-order valence-electron chi connectivity index (χ2n) is 14.4. The highest BCUT2D eigenvalue weighted by atomic mass is 28.4. The molecule has 37 heavy (non-hydrogen) atoms. The van der Waals surface area contributed by atoms with E-state index in [0.717, 1.165) is 36.4 Å². The highest BCUT2D eigenvalue weighted by Gasteiger charge is 2.51. The summed E-state index contributed by atoms with van der Waals surface area (Å²) < 4.78 is 31.7. The van der Waals surface area contributed by atoms with Gasteiger partial charge in [0.2, 0.25) is 9.04 Å². The van der Waals surface area contributed by atoms with E-state index >= 15 is 0 Å². The standard InChI is InChI=1S/C29H54BO5Si2/c1-26(2,3)24-19-23(30-34-28(7,8)29(9,10)35-30)15-16-25(24)31-18-17-22(20-32-36(11)12)21-33-37(13,14)27(4,5)6/h15-16,19,22H,17-18,20-21H2,1-14H3. The first-order chi connectivity index (χ1) is 16.7. The molecule has 2 rings (SSSR count). The van der Waals surface area contributed by atoms with Gasteiger partial charge in [0.15, 0.2) is 8.32 Å². The fourth-order valence-electron chi connectivity index (χ4n) is 3.76. The smallest absolute Gasteiger partial charge is 0.493 e. The van der Waals surface area contributed by atoms with Crippen LogP contribution in [0.15, 0.2) is 18.2 Å². The Balaban J connectivity index is 2.13. The van der Waals surface area contributed by atoms with Crippen molar-refractivity contribution in [2.75, 3.05) is 19.8 Å². The van der Waals surface area contributed by atoms with Gasteiger partial charge < -0.3 is 22.9 Å². The molecular weight excluding hydrogens is 495 g/mol. The fourth-order valence-corrected chi connectivity index (χ4v) is 5.42. The average molecular weight is 550 g/mol. The molecule has 1 aliphatic rings. The van der Waals surface area contributed by atoms with Crippen molar-refractivity contribution < 1.29 is 22.9 Å². The first-order valence-electron chi connectivity index (χ1n) is 13.9. The van der Waals surface area contributed by atoms with Gasteiger partial charge in [-0.25, -0.2) is 0 Å². The largest absolute Gasteiger partial charge is 0.494 e. The molecule has 1 aromatic rings. The molecule has 1 atom stereocenters. The van der Waals surface area contributed by atoms with Crippen LogP contribution in [0.4, 0.5) is 0 Å². The molecule has 0 aromatic heterocycles. The van der Waals surface area contributed by atoms with E-state index in [4.69, 9.17) is 22.9 Å². The van der Waals surface area contributed by atoms with Crippen LogP contribution >= 0.6 is 0 Å². The van der Waals surface area contributed by atoms with Crippen LogP contribution in [0.25, 0.3) is 0 Å². The van der Waals surface area contributed by atoms with Crippen LogP contribution in [0.2, 0.25) is 31.2 Å². The SMILES string of the molecule is C[Si](C)OCC(CCOc1ccc(B2OC(C)(C)C(C)(C)O2)cc1C(C)(C)C)CO[Si](C)(C)C(C)(C)C. The monoisotopic (exact) mass is 549 g/mol. The van der Waals surface area contributed by atoms with E-state index in [1.165, 1.54) is 0 Å². The summed E-state index contributed by atoms with van der Waals surface area (Å²) in [5.74, 6) is 1.24. The second kappa shape index (κ2) is 11.8. The third-order valence-corrected chi connectivity index (χ3v) is 13.5. The molecular formula is C29H54BO5Si2. The predicted octanol–water partition coefficient (Wildman–Crippen LogP) is 6.96. The van der Waals surface area contributed by atoms with Crippen LogP contribution in [0, 0.1) is 5.92 Å². The van der Waals surface area contributed by atoms with E-state index in [1.807, 2.05) is 0 Å². The van der Waals surface area contributed by atoms with Crippen LogP contribution in [0.1, 0.15) is 81.2 Å². The molecule has 1 heterocycles. The van der Waals surface area contributed by atoms with Crippen molar-refractivity contribution in [3.8, 4) is 5.75 Å². The number of hydrogen-bond donors (Lipinski definition) is 0. The minimum atomic E-state index is -1.81. The Hall–Kier alpha value is -0.641. The van der Waals surface area contributed by atoms with E-state index in [9.17, 15) is 0 Å². The molecule has 1 aromatic carbocycles. The maximum Gasteiger partial charge on any atom is 0.494 e. The van der Waals surface area contributed by atoms with Gasteiger partial charge in [0.1, 0.15) is 5.75 Å². The van der Waals surface area contributed by atoms with Gasteiger partial charge >= 0.3 is 7.12 Å². The summed E-state index contributed by atoms with van der Waals surface area (Å²) in [5.41, 5.74) is 1.39. The number of hydrogen-bond acceptors (Lipinski definition) is 5. The van der Waals surface area contributed by atoms with Gasteiger partial charge in [-0.3, -0.25) is 0 Å². The molecule has 1 aliphatic heterocycles. The van der Waals surface area contributed by atoms with Gasteiger partial charge in [-0.05, 0) is 87.8 Å². The lowest BCUT2D eigenvalue weighted by Gasteiger charge is -2.37. The Morgan fingerprint density at radius 2 is 1.51 bits per heavy atom. The zero-order valence-corrected chi connectivity index (χ0v) is 28.3. The van der Waals surface area contributed by atoms with Gasteiger partial charge in [-0.15, -0.1) is 0 Å². The quantitative estimate of drug-likeness (QED) is 0.279. The minimum absolute atomic E-state index is 0.0787. The molecule has 0 spiro atoms. The topological polar surface area (TPSA) is 46.2 Å². The fraction of sp³-hybridized carbons (Fsp3) is 0.793. The average Bonchev–Trinajstić information content (AvgIpc) is 2.95. The maximum absolute atomic E-state index is 6.56. The molecule has 211 valence electrons. The van der Waals surface area contributed by atoms with Crippen LogP contribution in [-0.2, 0) is 23.6 Å². The van der Waals surface area contributed by atoms with Crippen molar-refractivity contribution in [3.63, 3.8) is 0 Å². The van der Waals surface area contributed by atoms with E-state index in [2.05, 4.69) is 114 Å². The van der Waals surface area contributed by atoms with Gasteiger partial charge in [-0.2, -0.15) is 0 Å². The Morgan fingerprint density at radius 1 is 0.946 bits per heavy atom. The van der Waals surface area contributed by atoms with Gasteiger partial charge in [0, 0.05) is 19.1 Å². The molecule has 5 nitrogen and oxygen atoms in total. The highest BCUT2D eigenvalue weighted by molar-refractivity contribution is 6.74.